The molecule has 126 valence electrons. The fraction of sp³-hybridized carbons (Fsp3) is 0.867. The third kappa shape index (κ3) is 4.33. The van der Waals surface area contributed by atoms with Crippen LogP contribution in [-0.2, 0) is 23.7 Å². The highest BCUT2D eigenvalue weighted by molar-refractivity contribution is 5.84. The van der Waals surface area contributed by atoms with Crippen LogP contribution < -0.4 is 0 Å². The van der Waals surface area contributed by atoms with Gasteiger partial charge in [-0.1, -0.05) is 0 Å². The van der Waals surface area contributed by atoms with Crippen LogP contribution in [0, 0.1) is 0 Å². The predicted molar refractivity (Wildman–Crippen MR) is 77.0 cm³/mol. The molecule has 2 aliphatic heterocycles. The Morgan fingerprint density at radius 1 is 1.36 bits per heavy atom. The minimum absolute atomic E-state index is 0.113. The summed E-state index contributed by atoms with van der Waals surface area (Å²) in [6.07, 6.45) is 1.40. The summed E-state index contributed by atoms with van der Waals surface area (Å²) >= 11 is 0. The maximum Gasteiger partial charge on any atom is 0.413 e. The molecule has 1 amide bonds. The zero-order valence-corrected chi connectivity index (χ0v) is 13.7. The number of nitrogens with zero attached hydrogens (tertiary/aromatic N) is 1. The topological polar surface area (TPSA) is 74.3 Å². The van der Waals surface area contributed by atoms with Crippen molar-refractivity contribution in [2.24, 2.45) is 0 Å². The van der Waals surface area contributed by atoms with Crippen molar-refractivity contribution >= 4 is 12.1 Å². The molecule has 2 saturated heterocycles. The number of cyclic esters (lactones) is 1. The molecule has 3 atom stereocenters. The highest BCUT2D eigenvalue weighted by Crippen LogP contribution is 2.23. The molecular formula is C15H25NO6. The molecule has 2 aliphatic rings. The molecule has 0 aromatic rings. The number of hydrogen-bond acceptors (Lipinski definition) is 6. The Morgan fingerprint density at radius 3 is 2.68 bits per heavy atom. The first kappa shape index (κ1) is 17.0. The van der Waals surface area contributed by atoms with Gasteiger partial charge in [-0.25, -0.2) is 9.59 Å². The molecule has 7 heteroatoms. The molecule has 2 rings (SSSR count). The number of amides is 1. The van der Waals surface area contributed by atoms with E-state index in [1.54, 1.807) is 27.7 Å². The van der Waals surface area contributed by atoms with Crippen LogP contribution >= 0.6 is 0 Å². The van der Waals surface area contributed by atoms with Gasteiger partial charge < -0.3 is 18.9 Å². The molecule has 0 bridgehead atoms. The maximum absolute atomic E-state index is 12.2. The predicted octanol–water partition coefficient (Wildman–Crippen LogP) is 2.04. The van der Waals surface area contributed by atoms with Crippen LogP contribution in [0.2, 0.25) is 0 Å². The van der Waals surface area contributed by atoms with E-state index < -0.39 is 29.8 Å². The molecule has 0 saturated carbocycles. The third-order valence-electron chi connectivity index (χ3n) is 3.50. The Bertz CT molecular complexity index is 413. The molecule has 0 radical (unpaired) electrons. The van der Waals surface area contributed by atoms with Crippen LogP contribution in [0.1, 0.15) is 47.0 Å². The molecule has 0 spiro atoms. The van der Waals surface area contributed by atoms with E-state index in [1.807, 2.05) is 0 Å². The summed E-state index contributed by atoms with van der Waals surface area (Å²) < 4.78 is 21.6. The Labute approximate surface area is 130 Å². The molecule has 0 aromatic heterocycles. The smallest absolute Gasteiger partial charge is 0.413 e. The summed E-state index contributed by atoms with van der Waals surface area (Å²) in [5.74, 6) is -0.478. The van der Waals surface area contributed by atoms with E-state index in [2.05, 4.69) is 0 Å². The SMILES string of the molecule is C[C@H](OC1CCCCO1)[C@H]1C(=O)OCN1C(=O)OC(C)(C)C. The molecule has 2 heterocycles. The van der Waals surface area contributed by atoms with Crippen LogP contribution in [0.5, 0.6) is 0 Å². The second kappa shape index (κ2) is 6.83. The van der Waals surface area contributed by atoms with E-state index in [0.29, 0.717) is 6.61 Å². The molecule has 0 aliphatic carbocycles. The van der Waals surface area contributed by atoms with E-state index in [9.17, 15) is 9.59 Å². The molecule has 2 fully saturated rings. The van der Waals surface area contributed by atoms with Crippen LogP contribution in [0.25, 0.3) is 0 Å². The van der Waals surface area contributed by atoms with Gasteiger partial charge in [-0.05, 0) is 47.0 Å². The van der Waals surface area contributed by atoms with Crippen molar-refractivity contribution in [2.45, 2.75) is 71.0 Å². The first-order valence-electron chi connectivity index (χ1n) is 7.71. The van der Waals surface area contributed by atoms with Crippen LogP contribution in [0.4, 0.5) is 4.79 Å². The molecule has 22 heavy (non-hydrogen) atoms. The lowest BCUT2D eigenvalue weighted by atomic mass is 10.1. The summed E-state index contributed by atoms with van der Waals surface area (Å²) in [5, 5.41) is 0. The van der Waals surface area contributed by atoms with Gasteiger partial charge >= 0.3 is 12.1 Å². The second-order valence-electron chi connectivity index (χ2n) is 6.62. The first-order valence-corrected chi connectivity index (χ1v) is 7.71. The van der Waals surface area contributed by atoms with Crippen LogP contribution in [-0.4, -0.2) is 54.3 Å². The number of hydrogen-bond donors (Lipinski definition) is 0. The van der Waals surface area contributed by atoms with Gasteiger partial charge in [0, 0.05) is 6.61 Å². The highest BCUT2D eigenvalue weighted by atomic mass is 16.7. The molecule has 0 aromatic carbocycles. The summed E-state index contributed by atoms with van der Waals surface area (Å²) in [6, 6.07) is -0.805. The number of carbonyl (C=O) groups excluding carboxylic acids is 2. The number of ether oxygens (including phenoxy) is 4. The first-order chi connectivity index (χ1) is 10.3. The van der Waals surface area contributed by atoms with Gasteiger partial charge in [0.1, 0.15) is 5.60 Å². The lowest BCUT2D eigenvalue weighted by Gasteiger charge is -2.31. The van der Waals surface area contributed by atoms with E-state index in [1.165, 1.54) is 4.90 Å². The average Bonchev–Trinajstić information content (AvgIpc) is 2.80. The zero-order valence-electron chi connectivity index (χ0n) is 13.7. The van der Waals surface area contributed by atoms with E-state index in [4.69, 9.17) is 18.9 Å². The normalized spacial score (nSPS) is 27.5. The van der Waals surface area contributed by atoms with Crippen molar-refractivity contribution in [3.8, 4) is 0 Å². The van der Waals surface area contributed by atoms with E-state index in [0.717, 1.165) is 19.3 Å². The lowest BCUT2D eigenvalue weighted by molar-refractivity contribution is -0.194. The summed E-state index contributed by atoms with van der Waals surface area (Å²) in [5.41, 5.74) is -0.635. The van der Waals surface area contributed by atoms with Gasteiger partial charge in [0.15, 0.2) is 19.1 Å². The summed E-state index contributed by atoms with van der Waals surface area (Å²) in [6.45, 7) is 7.60. The van der Waals surface area contributed by atoms with Crippen molar-refractivity contribution in [3.63, 3.8) is 0 Å². The van der Waals surface area contributed by atoms with Crippen molar-refractivity contribution in [2.75, 3.05) is 13.3 Å². The Morgan fingerprint density at radius 2 is 2.09 bits per heavy atom. The number of carbonyl (C=O) groups is 2. The maximum atomic E-state index is 12.2. The van der Waals surface area contributed by atoms with Crippen molar-refractivity contribution < 1.29 is 28.5 Å². The third-order valence-corrected chi connectivity index (χ3v) is 3.50. The summed E-state index contributed by atoms with van der Waals surface area (Å²) in [4.78, 5) is 25.4. The van der Waals surface area contributed by atoms with Crippen molar-refractivity contribution in [3.05, 3.63) is 0 Å². The Kier molecular flexibility index (Phi) is 5.28. The largest absolute Gasteiger partial charge is 0.444 e. The second-order valence-corrected chi connectivity index (χ2v) is 6.62. The van der Waals surface area contributed by atoms with Crippen molar-refractivity contribution in [1.29, 1.82) is 0 Å². The van der Waals surface area contributed by atoms with Gasteiger partial charge in [0.2, 0.25) is 0 Å². The standard InChI is InChI=1S/C15H25NO6/c1-10(21-11-7-5-6-8-19-11)12-13(17)20-9-16(12)14(18)22-15(2,3)4/h10-12H,5-9H2,1-4H3/t10-,11?,12-/m0/s1. The molecule has 1 unspecified atom stereocenters. The van der Waals surface area contributed by atoms with Gasteiger partial charge in [0.25, 0.3) is 0 Å². The quantitative estimate of drug-likeness (QED) is 0.742. The van der Waals surface area contributed by atoms with Gasteiger partial charge in [0.05, 0.1) is 6.10 Å². The fourth-order valence-corrected chi connectivity index (χ4v) is 2.49. The van der Waals surface area contributed by atoms with E-state index >= 15 is 0 Å². The minimum Gasteiger partial charge on any atom is -0.444 e. The van der Waals surface area contributed by atoms with Crippen LogP contribution in [0.3, 0.4) is 0 Å². The lowest BCUT2D eigenvalue weighted by Crippen LogP contribution is -2.48. The Balaban J connectivity index is 1.98. The number of rotatable bonds is 3. The molecule has 7 nitrogen and oxygen atoms in total. The Hall–Kier alpha value is -1.34. The highest BCUT2D eigenvalue weighted by Gasteiger charge is 2.44. The molecule has 0 N–H and O–H groups in total. The van der Waals surface area contributed by atoms with Gasteiger partial charge in [-0.2, -0.15) is 0 Å². The fourth-order valence-electron chi connectivity index (χ4n) is 2.49. The van der Waals surface area contributed by atoms with Gasteiger partial charge in [-0.15, -0.1) is 0 Å². The van der Waals surface area contributed by atoms with E-state index in [-0.39, 0.29) is 13.0 Å². The molecular weight excluding hydrogens is 290 g/mol. The van der Waals surface area contributed by atoms with Crippen LogP contribution in [0.15, 0.2) is 0 Å². The van der Waals surface area contributed by atoms with Gasteiger partial charge in [-0.3, -0.25) is 4.90 Å². The average molecular weight is 315 g/mol. The summed E-state index contributed by atoms with van der Waals surface area (Å²) in [7, 11) is 0. The minimum atomic E-state index is -0.805. The number of esters is 1. The zero-order chi connectivity index (χ0) is 16.3. The monoisotopic (exact) mass is 315 g/mol. The van der Waals surface area contributed by atoms with Crippen molar-refractivity contribution in [1.82, 2.24) is 4.90 Å².